The van der Waals surface area contributed by atoms with E-state index < -0.39 is 6.10 Å². The molecule has 0 radical (unpaired) electrons. The Kier molecular flexibility index (Phi) is 7.96. The maximum absolute atomic E-state index is 10.3. The van der Waals surface area contributed by atoms with Crippen LogP contribution >= 0.6 is 22.9 Å². The molecule has 6 heteroatoms. The Labute approximate surface area is 157 Å². The number of nitriles is 1. The van der Waals surface area contributed by atoms with Crippen LogP contribution in [0.15, 0.2) is 49.1 Å². The van der Waals surface area contributed by atoms with Gasteiger partial charge >= 0.3 is 0 Å². The summed E-state index contributed by atoms with van der Waals surface area (Å²) in [4.78, 5) is 3.24. The van der Waals surface area contributed by atoms with Gasteiger partial charge in [-0.25, -0.2) is 0 Å². The van der Waals surface area contributed by atoms with Crippen molar-refractivity contribution in [3.8, 4) is 11.8 Å². The Bertz CT molecular complexity index is 709. The van der Waals surface area contributed by atoms with Crippen molar-refractivity contribution < 1.29 is 9.84 Å². The summed E-state index contributed by atoms with van der Waals surface area (Å²) < 4.78 is 6.39. The molecule has 0 aliphatic rings. The molecular weight excluding hydrogens is 356 g/mol. The second kappa shape index (κ2) is 10.2. The van der Waals surface area contributed by atoms with Gasteiger partial charge in [0.2, 0.25) is 0 Å². The van der Waals surface area contributed by atoms with Gasteiger partial charge in [0.15, 0.2) is 0 Å². The minimum absolute atomic E-state index is 0.205. The van der Waals surface area contributed by atoms with Crippen LogP contribution in [0.25, 0.3) is 0 Å². The van der Waals surface area contributed by atoms with Crippen molar-refractivity contribution in [1.29, 1.82) is 5.26 Å². The van der Waals surface area contributed by atoms with Crippen LogP contribution in [-0.4, -0.2) is 35.8 Å². The first-order valence-electron chi connectivity index (χ1n) is 7.95. The number of aliphatic hydroxyl groups is 1. The fourth-order valence-corrected chi connectivity index (χ4v) is 3.51. The number of hydrogen-bond donors (Lipinski definition) is 1. The molecule has 2 rings (SSSR count). The summed E-state index contributed by atoms with van der Waals surface area (Å²) in [6.07, 6.45) is 1.58. The van der Waals surface area contributed by atoms with Gasteiger partial charge < -0.3 is 9.84 Å². The number of halogens is 1. The number of hydrogen-bond acceptors (Lipinski definition) is 5. The van der Waals surface area contributed by atoms with Gasteiger partial charge in [0.05, 0.1) is 16.8 Å². The van der Waals surface area contributed by atoms with Gasteiger partial charge in [-0.15, -0.1) is 17.9 Å². The lowest BCUT2D eigenvalue weighted by Crippen LogP contribution is -2.35. The molecule has 1 aromatic carbocycles. The summed E-state index contributed by atoms with van der Waals surface area (Å²) in [5.74, 6) is 0.682. The van der Waals surface area contributed by atoms with Crippen LogP contribution in [0.3, 0.4) is 0 Å². The molecule has 0 aliphatic heterocycles. The standard InChI is InChI=1S/C19H21ClN2O2S/c1-2-11-22(13-18-7-8-19(20)25-18)12-16(23)14-24-17-5-3-15(4-6-17)9-10-21/h2-8,16,23H,1,9,11-14H2/t16-/m1/s1. The smallest absolute Gasteiger partial charge is 0.119 e. The fourth-order valence-electron chi connectivity index (χ4n) is 2.38. The van der Waals surface area contributed by atoms with Gasteiger partial charge in [-0.3, -0.25) is 4.90 Å². The van der Waals surface area contributed by atoms with E-state index >= 15 is 0 Å². The molecule has 1 N–H and O–H groups in total. The molecular formula is C19H21ClN2O2S. The van der Waals surface area contributed by atoms with Crippen molar-refractivity contribution in [2.24, 2.45) is 0 Å². The first-order chi connectivity index (χ1) is 12.1. The third-order valence-electron chi connectivity index (χ3n) is 3.51. The Morgan fingerprint density at radius 3 is 2.68 bits per heavy atom. The van der Waals surface area contributed by atoms with E-state index in [1.165, 1.54) is 11.3 Å². The van der Waals surface area contributed by atoms with E-state index in [1.54, 1.807) is 0 Å². The zero-order chi connectivity index (χ0) is 18.1. The minimum Gasteiger partial charge on any atom is -0.491 e. The molecule has 132 valence electrons. The average molecular weight is 377 g/mol. The largest absolute Gasteiger partial charge is 0.491 e. The molecule has 0 saturated carbocycles. The summed E-state index contributed by atoms with van der Waals surface area (Å²) in [5.41, 5.74) is 0.946. The van der Waals surface area contributed by atoms with E-state index in [0.717, 1.165) is 14.8 Å². The molecule has 0 amide bonds. The molecule has 0 saturated heterocycles. The molecule has 25 heavy (non-hydrogen) atoms. The van der Waals surface area contributed by atoms with Crippen molar-refractivity contribution >= 4 is 22.9 Å². The number of benzene rings is 1. The second-order valence-corrected chi connectivity index (χ2v) is 7.43. The predicted octanol–water partition coefficient (Wildman–Crippen LogP) is 3.90. The Hall–Kier alpha value is -1.84. The minimum atomic E-state index is -0.617. The van der Waals surface area contributed by atoms with Gasteiger partial charge in [0.25, 0.3) is 0 Å². The molecule has 2 aromatic rings. The number of rotatable bonds is 10. The van der Waals surface area contributed by atoms with Gasteiger partial charge in [-0.1, -0.05) is 29.8 Å². The predicted molar refractivity (Wildman–Crippen MR) is 102 cm³/mol. The third-order valence-corrected chi connectivity index (χ3v) is 4.73. The van der Waals surface area contributed by atoms with Crippen LogP contribution in [0.4, 0.5) is 0 Å². The van der Waals surface area contributed by atoms with Crippen LogP contribution in [0.5, 0.6) is 5.75 Å². The van der Waals surface area contributed by atoms with Crippen molar-refractivity contribution in [2.75, 3.05) is 19.7 Å². The van der Waals surface area contributed by atoms with Crippen molar-refractivity contribution in [3.05, 3.63) is 63.8 Å². The highest BCUT2D eigenvalue weighted by atomic mass is 35.5. The number of ether oxygens (including phenoxy) is 1. The van der Waals surface area contributed by atoms with E-state index in [0.29, 0.717) is 31.8 Å². The molecule has 4 nitrogen and oxygen atoms in total. The Balaban J connectivity index is 1.82. The van der Waals surface area contributed by atoms with Crippen molar-refractivity contribution in [3.63, 3.8) is 0 Å². The van der Waals surface area contributed by atoms with Crippen LogP contribution in [0, 0.1) is 11.3 Å². The van der Waals surface area contributed by atoms with Gasteiger partial charge in [-0.2, -0.15) is 5.26 Å². The Morgan fingerprint density at radius 1 is 1.32 bits per heavy atom. The monoisotopic (exact) mass is 376 g/mol. The van der Waals surface area contributed by atoms with Crippen LogP contribution < -0.4 is 4.74 Å². The number of thiophene rings is 1. The highest BCUT2D eigenvalue weighted by molar-refractivity contribution is 7.16. The summed E-state index contributed by atoms with van der Waals surface area (Å²) in [7, 11) is 0. The maximum Gasteiger partial charge on any atom is 0.119 e. The van der Waals surface area contributed by atoms with Gasteiger partial charge in [-0.05, 0) is 29.8 Å². The molecule has 1 atom stereocenters. The van der Waals surface area contributed by atoms with E-state index in [9.17, 15) is 5.11 Å². The average Bonchev–Trinajstić information content (AvgIpc) is 2.99. The van der Waals surface area contributed by atoms with E-state index in [-0.39, 0.29) is 6.61 Å². The fraction of sp³-hybridized carbons (Fsp3) is 0.316. The summed E-state index contributed by atoms with van der Waals surface area (Å²) in [6.45, 7) is 5.84. The first kappa shape index (κ1) is 19.5. The Morgan fingerprint density at radius 2 is 2.08 bits per heavy atom. The topological polar surface area (TPSA) is 56.5 Å². The molecule has 0 unspecified atom stereocenters. The zero-order valence-electron chi connectivity index (χ0n) is 13.9. The first-order valence-corrected chi connectivity index (χ1v) is 9.14. The van der Waals surface area contributed by atoms with Crippen LogP contribution in [0.1, 0.15) is 10.4 Å². The second-order valence-electron chi connectivity index (χ2n) is 5.63. The third kappa shape index (κ3) is 6.89. The SMILES string of the molecule is C=CCN(Cc1ccc(Cl)s1)C[C@@H](O)COc1ccc(CC#N)cc1. The van der Waals surface area contributed by atoms with Crippen molar-refractivity contribution in [1.82, 2.24) is 4.90 Å². The van der Waals surface area contributed by atoms with E-state index in [1.807, 2.05) is 42.5 Å². The van der Waals surface area contributed by atoms with E-state index in [2.05, 4.69) is 17.5 Å². The lowest BCUT2D eigenvalue weighted by molar-refractivity contribution is 0.0699. The lowest BCUT2D eigenvalue weighted by atomic mass is 10.2. The summed E-state index contributed by atoms with van der Waals surface area (Å²) in [6, 6.07) is 13.3. The van der Waals surface area contributed by atoms with E-state index in [4.69, 9.17) is 21.6 Å². The molecule has 0 spiro atoms. The summed E-state index contributed by atoms with van der Waals surface area (Å²) in [5, 5.41) is 18.9. The normalized spacial score (nSPS) is 11.9. The number of aliphatic hydroxyl groups excluding tert-OH is 1. The molecule has 0 bridgehead atoms. The molecule has 0 aliphatic carbocycles. The molecule has 0 fully saturated rings. The van der Waals surface area contributed by atoms with Gasteiger partial charge in [0.1, 0.15) is 18.5 Å². The molecule has 1 heterocycles. The van der Waals surface area contributed by atoms with Crippen molar-refractivity contribution in [2.45, 2.75) is 19.1 Å². The lowest BCUT2D eigenvalue weighted by Gasteiger charge is -2.23. The number of nitrogens with zero attached hydrogens (tertiary/aromatic N) is 2. The summed E-state index contributed by atoms with van der Waals surface area (Å²) >= 11 is 7.51. The molecule has 1 aromatic heterocycles. The van der Waals surface area contributed by atoms with Crippen LogP contribution in [0.2, 0.25) is 4.34 Å². The quantitative estimate of drug-likeness (QED) is 0.639. The zero-order valence-corrected chi connectivity index (χ0v) is 15.5. The highest BCUT2D eigenvalue weighted by Gasteiger charge is 2.13. The maximum atomic E-state index is 10.3. The highest BCUT2D eigenvalue weighted by Crippen LogP contribution is 2.22. The van der Waals surface area contributed by atoms with Crippen LogP contribution in [-0.2, 0) is 13.0 Å². The van der Waals surface area contributed by atoms with Gasteiger partial charge in [0, 0.05) is 24.5 Å².